The molecule has 4 rings (SSSR count). The molecule has 1 aromatic carbocycles. The van der Waals surface area contributed by atoms with Gasteiger partial charge in [-0.2, -0.15) is 0 Å². The molecule has 1 aromatic rings. The largest absolute Gasteiger partial charge is 0.493 e. The van der Waals surface area contributed by atoms with Crippen LogP contribution in [0.25, 0.3) is 0 Å². The summed E-state index contributed by atoms with van der Waals surface area (Å²) in [5.74, 6) is 1.24. The topological polar surface area (TPSA) is 39.7 Å². The Hall–Kier alpha value is -1.10. The molecular formula is C18H25NO3. The molecule has 120 valence electrons. The second kappa shape index (κ2) is 5.84. The van der Waals surface area contributed by atoms with E-state index >= 15 is 0 Å². The number of benzene rings is 1. The molecule has 0 bridgehead atoms. The van der Waals surface area contributed by atoms with E-state index in [9.17, 15) is 0 Å². The summed E-state index contributed by atoms with van der Waals surface area (Å²) in [6.07, 6.45) is 4.27. The second-order valence-corrected chi connectivity index (χ2v) is 6.79. The minimum atomic E-state index is -0.259. The van der Waals surface area contributed by atoms with Crippen molar-refractivity contribution in [2.75, 3.05) is 19.8 Å². The van der Waals surface area contributed by atoms with Crippen LogP contribution in [-0.4, -0.2) is 37.7 Å². The molecule has 1 N–H and O–H groups in total. The number of ether oxygens (including phenoxy) is 3. The van der Waals surface area contributed by atoms with Crippen molar-refractivity contribution in [3.8, 4) is 5.75 Å². The smallest absolute Gasteiger partial charge is 0.168 e. The summed E-state index contributed by atoms with van der Waals surface area (Å²) in [6.45, 7) is 4.58. The summed E-state index contributed by atoms with van der Waals surface area (Å²) < 4.78 is 17.4. The molecular weight excluding hydrogens is 278 g/mol. The highest BCUT2D eigenvalue weighted by atomic mass is 16.7. The van der Waals surface area contributed by atoms with Gasteiger partial charge in [-0.15, -0.1) is 0 Å². The monoisotopic (exact) mass is 303 g/mol. The van der Waals surface area contributed by atoms with Crippen LogP contribution in [-0.2, 0) is 9.47 Å². The van der Waals surface area contributed by atoms with Crippen LogP contribution in [0.1, 0.15) is 44.1 Å². The fourth-order valence-corrected chi connectivity index (χ4v) is 4.10. The van der Waals surface area contributed by atoms with Crippen molar-refractivity contribution in [2.24, 2.45) is 0 Å². The predicted octanol–water partition coefficient (Wildman–Crippen LogP) is 2.83. The third-order valence-electron chi connectivity index (χ3n) is 5.40. The molecule has 1 saturated carbocycles. The molecule has 4 heteroatoms. The Labute approximate surface area is 132 Å². The van der Waals surface area contributed by atoms with Crippen LogP contribution < -0.4 is 10.1 Å². The Balaban J connectivity index is 1.34. The lowest BCUT2D eigenvalue weighted by Crippen LogP contribution is -2.46. The van der Waals surface area contributed by atoms with E-state index in [4.69, 9.17) is 14.2 Å². The normalized spacial score (nSPS) is 28.5. The van der Waals surface area contributed by atoms with E-state index in [1.807, 2.05) is 6.07 Å². The zero-order valence-electron chi connectivity index (χ0n) is 13.2. The molecule has 2 atom stereocenters. The number of nitrogens with one attached hydrogen (secondary N) is 1. The van der Waals surface area contributed by atoms with Crippen molar-refractivity contribution in [1.29, 1.82) is 0 Å². The summed E-state index contributed by atoms with van der Waals surface area (Å²) in [5, 5.41) is 3.82. The van der Waals surface area contributed by atoms with Gasteiger partial charge < -0.3 is 19.5 Å². The Morgan fingerprint density at radius 3 is 2.64 bits per heavy atom. The fourth-order valence-electron chi connectivity index (χ4n) is 4.10. The molecule has 1 spiro atoms. The van der Waals surface area contributed by atoms with E-state index in [0.29, 0.717) is 18.0 Å². The molecule has 2 aliphatic heterocycles. The summed E-state index contributed by atoms with van der Waals surface area (Å²) >= 11 is 0. The van der Waals surface area contributed by atoms with Crippen LogP contribution in [0, 0.1) is 0 Å². The van der Waals surface area contributed by atoms with Crippen LogP contribution in [0.2, 0.25) is 0 Å². The minimum Gasteiger partial charge on any atom is -0.493 e. The van der Waals surface area contributed by atoms with Gasteiger partial charge in [-0.25, -0.2) is 0 Å². The number of rotatable bonds is 3. The molecule has 22 heavy (non-hydrogen) atoms. The van der Waals surface area contributed by atoms with Gasteiger partial charge in [-0.05, 0) is 25.8 Å². The maximum Gasteiger partial charge on any atom is 0.168 e. The molecule has 0 aromatic heterocycles. The molecule has 0 radical (unpaired) electrons. The Kier molecular flexibility index (Phi) is 3.84. The Morgan fingerprint density at radius 1 is 1.14 bits per heavy atom. The van der Waals surface area contributed by atoms with Crippen LogP contribution in [0.15, 0.2) is 24.3 Å². The van der Waals surface area contributed by atoms with Crippen molar-refractivity contribution in [3.05, 3.63) is 29.8 Å². The predicted molar refractivity (Wildman–Crippen MR) is 84.2 cm³/mol. The molecule has 4 nitrogen and oxygen atoms in total. The van der Waals surface area contributed by atoms with E-state index in [2.05, 4.69) is 30.4 Å². The van der Waals surface area contributed by atoms with Gasteiger partial charge >= 0.3 is 0 Å². The molecule has 0 unspecified atom stereocenters. The Morgan fingerprint density at radius 2 is 1.86 bits per heavy atom. The molecule has 1 aliphatic carbocycles. The van der Waals surface area contributed by atoms with E-state index < -0.39 is 0 Å². The number of para-hydroxylation sites is 1. The number of hydrogen-bond acceptors (Lipinski definition) is 4. The molecule has 2 heterocycles. The van der Waals surface area contributed by atoms with Gasteiger partial charge in [-0.1, -0.05) is 18.2 Å². The first-order chi connectivity index (χ1) is 10.8. The molecule has 3 aliphatic rings. The third kappa shape index (κ3) is 2.64. The van der Waals surface area contributed by atoms with Gasteiger partial charge in [0.25, 0.3) is 0 Å². The first-order valence-electron chi connectivity index (χ1n) is 8.51. The van der Waals surface area contributed by atoms with Gasteiger partial charge in [0.1, 0.15) is 5.75 Å². The van der Waals surface area contributed by atoms with E-state index in [1.54, 1.807) is 0 Å². The fraction of sp³-hybridized carbons (Fsp3) is 0.667. The average molecular weight is 303 g/mol. The summed E-state index contributed by atoms with van der Waals surface area (Å²) in [6, 6.07) is 9.39. The van der Waals surface area contributed by atoms with Crippen molar-refractivity contribution in [3.63, 3.8) is 0 Å². The Bertz CT molecular complexity index is 517. The molecule has 2 fully saturated rings. The molecule has 1 saturated heterocycles. The summed E-state index contributed by atoms with van der Waals surface area (Å²) in [4.78, 5) is 0. The number of hydrogen-bond donors (Lipinski definition) is 1. The van der Waals surface area contributed by atoms with Crippen molar-refractivity contribution in [2.45, 2.75) is 56.4 Å². The van der Waals surface area contributed by atoms with Gasteiger partial charge in [0.15, 0.2) is 5.79 Å². The highest BCUT2D eigenvalue weighted by Gasteiger charge is 2.41. The SMILES string of the molecule is C[C@@H](NC1CCC2(CC1)OCCO2)[C@@H]1COc2ccccc21. The number of fused-ring (bicyclic) bond motifs is 1. The van der Waals surface area contributed by atoms with Crippen LogP contribution >= 0.6 is 0 Å². The van der Waals surface area contributed by atoms with Crippen LogP contribution in [0.5, 0.6) is 5.75 Å². The summed E-state index contributed by atoms with van der Waals surface area (Å²) in [7, 11) is 0. The lowest BCUT2D eigenvalue weighted by atomic mass is 9.88. The second-order valence-electron chi connectivity index (χ2n) is 6.79. The van der Waals surface area contributed by atoms with E-state index in [0.717, 1.165) is 51.3 Å². The van der Waals surface area contributed by atoms with E-state index in [-0.39, 0.29) is 5.79 Å². The van der Waals surface area contributed by atoms with Gasteiger partial charge in [-0.3, -0.25) is 0 Å². The van der Waals surface area contributed by atoms with Crippen LogP contribution in [0.4, 0.5) is 0 Å². The van der Waals surface area contributed by atoms with Crippen molar-refractivity contribution in [1.82, 2.24) is 5.32 Å². The van der Waals surface area contributed by atoms with Crippen molar-refractivity contribution < 1.29 is 14.2 Å². The lowest BCUT2D eigenvalue weighted by Gasteiger charge is -2.37. The third-order valence-corrected chi connectivity index (χ3v) is 5.40. The first kappa shape index (κ1) is 14.5. The van der Waals surface area contributed by atoms with Gasteiger partial charge in [0, 0.05) is 36.4 Å². The van der Waals surface area contributed by atoms with E-state index in [1.165, 1.54) is 5.56 Å². The quantitative estimate of drug-likeness (QED) is 0.932. The first-order valence-corrected chi connectivity index (χ1v) is 8.51. The standard InChI is InChI=1S/C18H25NO3/c1-13(16-12-20-17-5-3-2-4-15(16)17)19-14-6-8-18(9-7-14)21-10-11-22-18/h2-5,13-14,16,19H,6-12H2,1H3/t13-,16+/m1/s1. The maximum absolute atomic E-state index is 5.82. The highest BCUT2D eigenvalue weighted by molar-refractivity contribution is 5.40. The van der Waals surface area contributed by atoms with Gasteiger partial charge in [0.05, 0.1) is 19.8 Å². The highest BCUT2D eigenvalue weighted by Crippen LogP contribution is 2.38. The van der Waals surface area contributed by atoms with Gasteiger partial charge in [0.2, 0.25) is 0 Å². The summed E-state index contributed by atoms with van der Waals surface area (Å²) in [5.41, 5.74) is 1.34. The van der Waals surface area contributed by atoms with Crippen LogP contribution in [0.3, 0.4) is 0 Å². The zero-order valence-corrected chi connectivity index (χ0v) is 13.2. The van der Waals surface area contributed by atoms with Crippen molar-refractivity contribution >= 4 is 0 Å². The zero-order chi connectivity index (χ0) is 15.0. The minimum absolute atomic E-state index is 0.259. The molecule has 0 amide bonds. The average Bonchev–Trinajstić information content (AvgIpc) is 3.17. The lowest BCUT2D eigenvalue weighted by molar-refractivity contribution is -0.179. The maximum atomic E-state index is 5.82.